The van der Waals surface area contributed by atoms with Gasteiger partial charge in [-0.3, -0.25) is 9.79 Å². The molecule has 0 aliphatic carbocycles. The van der Waals surface area contributed by atoms with E-state index in [1.807, 2.05) is 12.3 Å². The summed E-state index contributed by atoms with van der Waals surface area (Å²) in [5.41, 5.74) is 2.02. The Kier molecular flexibility index (Phi) is 1.57. The molecule has 1 atom stereocenters. The molecule has 0 radical (unpaired) electrons. The fourth-order valence-corrected chi connectivity index (χ4v) is 1.42. The van der Waals surface area contributed by atoms with E-state index in [9.17, 15) is 4.79 Å². The average molecular weight is 162 g/mol. The third kappa shape index (κ3) is 1.07. The largest absolute Gasteiger partial charge is 0.325 e. The monoisotopic (exact) mass is 162 g/mol. The first kappa shape index (κ1) is 7.28. The van der Waals surface area contributed by atoms with Crippen molar-refractivity contribution in [2.75, 3.05) is 6.54 Å². The number of H-pyrrole nitrogens is 1. The van der Waals surface area contributed by atoms with Crippen LogP contribution in [-0.2, 0) is 0 Å². The molecule has 2 rings (SSSR count). The SMILES string of the molecule is CC1CN=Cc2ccc(=O)[nH]c21. The summed E-state index contributed by atoms with van der Waals surface area (Å²) in [6.07, 6.45) is 1.81. The number of rotatable bonds is 0. The van der Waals surface area contributed by atoms with Crippen LogP contribution in [0.2, 0.25) is 0 Å². The highest BCUT2D eigenvalue weighted by molar-refractivity contribution is 5.82. The van der Waals surface area contributed by atoms with Crippen LogP contribution in [0.15, 0.2) is 21.9 Å². The Hall–Kier alpha value is -1.38. The predicted octanol–water partition coefficient (Wildman–Crippen LogP) is 0.911. The molecule has 3 nitrogen and oxygen atoms in total. The summed E-state index contributed by atoms with van der Waals surface area (Å²) in [4.78, 5) is 18.0. The first-order chi connectivity index (χ1) is 5.77. The van der Waals surface area contributed by atoms with E-state index in [2.05, 4.69) is 16.9 Å². The Balaban J connectivity index is 2.63. The molecule has 3 heteroatoms. The van der Waals surface area contributed by atoms with E-state index >= 15 is 0 Å². The molecule has 1 unspecified atom stereocenters. The minimum Gasteiger partial charge on any atom is -0.325 e. The molecule has 1 aliphatic rings. The van der Waals surface area contributed by atoms with Crippen LogP contribution in [0.4, 0.5) is 0 Å². The van der Waals surface area contributed by atoms with Crippen LogP contribution < -0.4 is 5.56 Å². The lowest BCUT2D eigenvalue weighted by Gasteiger charge is -2.15. The summed E-state index contributed by atoms with van der Waals surface area (Å²) >= 11 is 0. The molecule has 0 bridgehead atoms. The van der Waals surface area contributed by atoms with Gasteiger partial charge in [-0.25, -0.2) is 0 Å². The van der Waals surface area contributed by atoms with Crippen LogP contribution in [0, 0.1) is 0 Å². The van der Waals surface area contributed by atoms with Gasteiger partial charge in [0.15, 0.2) is 0 Å². The summed E-state index contributed by atoms with van der Waals surface area (Å²) in [6, 6.07) is 3.34. The van der Waals surface area contributed by atoms with E-state index in [-0.39, 0.29) is 5.56 Å². The highest BCUT2D eigenvalue weighted by atomic mass is 16.1. The normalized spacial score (nSPS) is 20.6. The van der Waals surface area contributed by atoms with Gasteiger partial charge in [-0.05, 0) is 6.07 Å². The minimum atomic E-state index is -0.0316. The highest BCUT2D eigenvalue weighted by Gasteiger charge is 2.13. The van der Waals surface area contributed by atoms with Gasteiger partial charge in [0.2, 0.25) is 5.56 Å². The van der Waals surface area contributed by atoms with Crippen LogP contribution in [-0.4, -0.2) is 17.7 Å². The molecule has 1 aromatic heterocycles. The Bertz CT molecular complexity index is 378. The zero-order valence-corrected chi connectivity index (χ0v) is 6.87. The third-order valence-electron chi connectivity index (χ3n) is 2.09. The number of aliphatic imine (C=N–C) groups is 1. The lowest BCUT2D eigenvalue weighted by Crippen LogP contribution is -2.16. The Morgan fingerprint density at radius 2 is 2.42 bits per heavy atom. The fraction of sp³-hybridized carbons (Fsp3) is 0.333. The third-order valence-corrected chi connectivity index (χ3v) is 2.09. The van der Waals surface area contributed by atoms with Gasteiger partial charge in [0, 0.05) is 36.0 Å². The van der Waals surface area contributed by atoms with Crippen molar-refractivity contribution in [1.82, 2.24) is 4.98 Å². The lowest BCUT2D eigenvalue weighted by molar-refractivity contribution is 0.731. The first-order valence-electron chi connectivity index (χ1n) is 4.00. The van der Waals surface area contributed by atoms with Crippen LogP contribution in [0.3, 0.4) is 0 Å². The molecule has 0 aromatic carbocycles. The maximum absolute atomic E-state index is 11.0. The molecular formula is C9H10N2O. The van der Waals surface area contributed by atoms with Gasteiger partial charge in [0.25, 0.3) is 0 Å². The van der Waals surface area contributed by atoms with Crippen molar-refractivity contribution in [3.05, 3.63) is 33.7 Å². The van der Waals surface area contributed by atoms with E-state index in [0.29, 0.717) is 5.92 Å². The van der Waals surface area contributed by atoms with Gasteiger partial charge in [-0.15, -0.1) is 0 Å². The molecule has 1 aliphatic heterocycles. The molecule has 62 valence electrons. The molecule has 1 N–H and O–H groups in total. The van der Waals surface area contributed by atoms with Crippen molar-refractivity contribution in [2.45, 2.75) is 12.8 Å². The summed E-state index contributed by atoms with van der Waals surface area (Å²) in [6.45, 7) is 2.83. The van der Waals surface area contributed by atoms with Gasteiger partial charge in [0.05, 0.1) is 0 Å². The number of pyridine rings is 1. The number of nitrogens with one attached hydrogen (secondary N) is 1. The van der Waals surface area contributed by atoms with Crippen LogP contribution in [0.25, 0.3) is 0 Å². The van der Waals surface area contributed by atoms with Crippen molar-refractivity contribution in [3.63, 3.8) is 0 Å². The van der Waals surface area contributed by atoms with Gasteiger partial charge in [-0.1, -0.05) is 6.92 Å². The van der Waals surface area contributed by atoms with Gasteiger partial charge in [-0.2, -0.15) is 0 Å². The summed E-state index contributed by atoms with van der Waals surface area (Å²) in [7, 11) is 0. The van der Waals surface area contributed by atoms with Crippen LogP contribution in [0.1, 0.15) is 24.1 Å². The number of aromatic nitrogens is 1. The minimum absolute atomic E-state index is 0.0316. The zero-order valence-electron chi connectivity index (χ0n) is 6.87. The van der Waals surface area contributed by atoms with Crippen molar-refractivity contribution >= 4 is 6.21 Å². The number of nitrogens with zero attached hydrogens (tertiary/aromatic N) is 1. The Labute approximate surface area is 70.2 Å². The van der Waals surface area contributed by atoms with Crippen molar-refractivity contribution in [1.29, 1.82) is 0 Å². The molecule has 2 heterocycles. The maximum atomic E-state index is 11.0. The van der Waals surface area contributed by atoms with E-state index in [4.69, 9.17) is 0 Å². The van der Waals surface area contributed by atoms with Gasteiger partial charge < -0.3 is 4.98 Å². The second-order valence-electron chi connectivity index (χ2n) is 3.09. The summed E-state index contributed by atoms with van der Waals surface area (Å²) in [5.74, 6) is 0.332. The van der Waals surface area contributed by atoms with E-state index in [1.165, 1.54) is 6.07 Å². The summed E-state index contributed by atoms with van der Waals surface area (Å²) < 4.78 is 0. The molecule has 0 saturated carbocycles. The van der Waals surface area contributed by atoms with Crippen LogP contribution >= 0.6 is 0 Å². The number of hydrogen-bond acceptors (Lipinski definition) is 2. The Morgan fingerprint density at radius 1 is 1.58 bits per heavy atom. The molecule has 0 saturated heterocycles. The maximum Gasteiger partial charge on any atom is 0.248 e. The zero-order chi connectivity index (χ0) is 8.55. The topological polar surface area (TPSA) is 45.2 Å². The van der Waals surface area contributed by atoms with Crippen molar-refractivity contribution in [2.24, 2.45) is 4.99 Å². The second-order valence-corrected chi connectivity index (χ2v) is 3.09. The van der Waals surface area contributed by atoms with Gasteiger partial charge >= 0.3 is 0 Å². The smallest absolute Gasteiger partial charge is 0.248 e. The van der Waals surface area contributed by atoms with E-state index in [0.717, 1.165) is 17.8 Å². The number of hydrogen-bond donors (Lipinski definition) is 1. The Morgan fingerprint density at radius 3 is 3.25 bits per heavy atom. The molecule has 12 heavy (non-hydrogen) atoms. The van der Waals surface area contributed by atoms with Crippen molar-refractivity contribution in [3.8, 4) is 0 Å². The van der Waals surface area contributed by atoms with E-state index < -0.39 is 0 Å². The summed E-state index contributed by atoms with van der Waals surface area (Å²) in [5, 5.41) is 0. The van der Waals surface area contributed by atoms with Gasteiger partial charge in [0.1, 0.15) is 0 Å². The quantitative estimate of drug-likeness (QED) is 0.605. The average Bonchev–Trinajstić information content (AvgIpc) is 2.07. The number of aromatic amines is 1. The molecule has 0 amide bonds. The van der Waals surface area contributed by atoms with Crippen LogP contribution in [0.5, 0.6) is 0 Å². The first-order valence-corrected chi connectivity index (χ1v) is 4.00. The molecule has 0 fully saturated rings. The lowest BCUT2D eigenvalue weighted by atomic mass is 10.0. The predicted molar refractivity (Wildman–Crippen MR) is 47.9 cm³/mol. The highest BCUT2D eigenvalue weighted by Crippen LogP contribution is 2.18. The van der Waals surface area contributed by atoms with Crippen molar-refractivity contribution < 1.29 is 0 Å². The molecule has 1 aromatic rings. The number of fused-ring (bicyclic) bond motifs is 1. The second kappa shape index (κ2) is 2.59. The molecule has 0 spiro atoms. The fourth-order valence-electron chi connectivity index (χ4n) is 1.42. The standard InChI is InChI=1S/C9H10N2O/c1-6-4-10-5-7-2-3-8(12)11-9(6)7/h2-3,5-6H,4H2,1H3,(H,11,12). The van der Waals surface area contributed by atoms with E-state index in [1.54, 1.807) is 0 Å². The molecular weight excluding hydrogens is 152 g/mol.